The number of thiazole rings is 1. The zero-order chi connectivity index (χ0) is 15.0. The Bertz CT molecular complexity index is 765. The number of hydrogen-bond acceptors (Lipinski definition) is 3. The molecule has 0 fully saturated rings. The fraction of sp³-hybridized carbons (Fsp3) is 0.188. The smallest absolute Gasteiger partial charge is 0.133 e. The molecule has 0 aliphatic carbocycles. The Morgan fingerprint density at radius 2 is 1.95 bits per heavy atom. The van der Waals surface area contributed by atoms with Gasteiger partial charge in [-0.15, -0.1) is 11.3 Å². The Balaban J connectivity index is 1.93. The van der Waals surface area contributed by atoms with Crippen LogP contribution in [0.4, 0.5) is 8.78 Å². The summed E-state index contributed by atoms with van der Waals surface area (Å²) in [6, 6.07) is 9.65. The van der Waals surface area contributed by atoms with Crippen LogP contribution in [0, 0.1) is 18.6 Å². The normalized spacial score (nSPS) is 12.8. The van der Waals surface area contributed by atoms with E-state index in [4.69, 9.17) is 5.73 Å². The number of benzene rings is 2. The first-order valence-electron chi connectivity index (χ1n) is 6.61. The third kappa shape index (κ3) is 2.66. The minimum Gasteiger partial charge on any atom is -0.323 e. The van der Waals surface area contributed by atoms with Crippen LogP contribution in [-0.4, -0.2) is 4.98 Å². The van der Waals surface area contributed by atoms with Gasteiger partial charge in [-0.25, -0.2) is 13.8 Å². The molecule has 21 heavy (non-hydrogen) atoms. The maximum atomic E-state index is 14.1. The maximum Gasteiger partial charge on any atom is 0.133 e. The van der Waals surface area contributed by atoms with E-state index in [1.165, 1.54) is 23.5 Å². The minimum absolute atomic E-state index is 0.0609. The standard InChI is InChI=1S/C16H14F2N2S/c1-9-6-7-10(17)15(16(9)18)11(19)8-14-20-12-4-2-3-5-13(12)21-14/h2-7,11H,8,19H2,1H3. The number of nitrogens with two attached hydrogens (primary N) is 1. The molecule has 0 spiro atoms. The molecule has 3 rings (SSSR count). The van der Waals surface area contributed by atoms with Gasteiger partial charge in [0, 0.05) is 18.0 Å². The van der Waals surface area contributed by atoms with Gasteiger partial charge in [-0.1, -0.05) is 18.2 Å². The first-order chi connectivity index (χ1) is 10.1. The number of aryl methyl sites for hydroxylation is 1. The number of hydrogen-bond donors (Lipinski definition) is 1. The molecule has 1 atom stereocenters. The molecule has 2 N–H and O–H groups in total. The Morgan fingerprint density at radius 3 is 2.71 bits per heavy atom. The molecular formula is C16H14F2N2S. The Morgan fingerprint density at radius 1 is 1.19 bits per heavy atom. The van der Waals surface area contributed by atoms with E-state index < -0.39 is 17.7 Å². The van der Waals surface area contributed by atoms with Crippen molar-refractivity contribution in [1.82, 2.24) is 4.98 Å². The number of fused-ring (bicyclic) bond motifs is 1. The largest absolute Gasteiger partial charge is 0.323 e. The highest BCUT2D eigenvalue weighted by atomic mass is 32.1. The zero-order valence-electron chi connectivity index (χ0n) is 11.4. The van der Waals surface area contributed by atoms with Crippen molar-refractivity contribution < 1.29 is 8.78 Å². The summed E-state index contributed by atoms with van der Waals surface area (Å²) in [6.07, 6.45) is 0.316. The second-order valence-electron chi connectivity index (χ2n) is 4.98. The lowest BCUT2D eigenvalue weighted by Gasteiger charge is -2.13. The summed E-state index contributed by atoms with van der Waals surface area (Å²) < 4.78 is 29.0. The van der Waals surface area contributed by atoms with Crippen molar-refractivity contribution in [3.63, 3.8) is 0 Å². The average Bonchev–Trinajstić information content (AvgIpc) is 2.85. The van der Waals surface area contributed by atoms with Crippen LogP contribution in [0.15, 0.2) is 36.4 Å². The topological polar surface area (TPSA) is 38.9 Å². The first-order valence-corrected chi connectivity index (χ1v) is 7.42. The summed E-state index contributed by atoms with van der Waals surface area (Å²) in [5.41, 5.74) is 7.22. The van der Waals surface area contributed by atoms with Gasteiger partial charge in [-0.05, 0) is 30.7 Å². The lowest BCUT2D eigenvalue weighted by atomic mass is 10.0. The lowest BCUT2D eigenvalue weighted by Crippen LogP contribution is -2.17. The second kappa shape index (κ2) is 5.50. The molecule has 1 unspecified atom stereocenters. The van der Waals surface area contributed by atoms with Gasteiger partial charge in [-0.3, -0.25) is 0 Å². The SMILES string of the molecule is Cc1ccc(F)c(C(N)Cc2nc3ccccc3s2)c1F. The van der Waals surface area contributed by atoms with Crippen LogP contribution >= 0.6 is 11.3 Å². The van der Waals surface area contributed by atoms with Gasteiger partial charge in [0.2, 0.25) is 0 Å². The predicted octanol–water partition coefficient (Wildman–Crippen LogP) is 4.13. The third-order valence-corrected chi connectivity index (χ3v) is 4.48. The maximum absolute atomic E-state index is 14.1. The summed E-state index contributed by atoms with van der Waals surface area (Å²) in [6.45, 7) is 1.60. The van der Waals surface area contributed by atoms with E-state index in [2.05, 4.69) is 4.98 Å². The minimum atomic E-state index is -0.745. The summed E-state index contributed by atoms with van der Waals surface area (Å²) in [5.74, 6) is -1.17. The van der Waals surface area contributed by atoms with Gasteiger partial charge >= 0.3 is 0 Å². The summed E-state index contributed by atoms with van der Waals surface area (Å²) >= 11 is 1.50. The zero-order valence-corrected chi connectivity index (χ0v) is 12.3. The number of nitrogens with zero attached hydrogens (tertiary/aromatic N) is 1. The molecule has 0 aliphatic heterocycles. The van der Waals surface area contributed by atoms with Crippen molar-refractivity contribution in [3.05, 3.63) is 64.2 Å². The van der Waals surface area contributed by atoms with Crippen LogP contribution in [0.1, 0.15) is 22.2 Å². The summed E-state index contributed by atoms with van der Waals surface area (Å²) in [4.78, 5) is 4.45. The van der Waals surface area contributed by atoms with Crippen LogP contribution in [0.3, 0.4) is 0 Å². The van der Waals surface area contributed by atoms with Crippen molar-refractivity contribution >= 4 is 21.6 Å². The van der Waals surface area contributed by atoms with Crippen molar-refractivity contribution in [2.75, 3.05) is 0 Å². The molecule has 108 valence electrons. The molecule has 0 radical (unpaired) electrons. The number of aromatic nitrogens is 1. The van der Waals surface area contributed by atoms with Gasteiger partial charge in [0.1, 0.15) is 11.6 Å². The molecule has 1 heterocycles. The molecule has 0 amide bonds. The molecule has 5 heteroatoms. The van der Waals surface area contributed by atoms with E-state index in [0.29, 0.717) is 12.0 Å². The molecule has 0 saturated carbocycles. The first kappa shape index (κ1) is 14.1. The van der Waals surface area contributed by atoms with Crippen LogP contribution in [0.25, 0.3) is 10.2 Å². The van der Waals surface area contributed by atoms with E-state index in [0.717, 1.165) is 15.2 Å². The van der Waals surface area contributed by atoms with Crippen LogP contribution in [-0.2, 0) is 6.42 Å². The van der Waals surface area contributed by atoms with E-state index in [-0.39, 0.29) is 5.56 Å². The Kier molecular flexibility index (Phi) is 3.69. The molecule has 2 nitrogen and oxygen atoms in total. The Hall–Kier alpha value is -1.85. The third-order valence-electron chi connectivity index (χ3n) is 3.42. The van der Waals surface area contributed by atoms with Gasteiger partial charge < -0.3 is 5.73 Å². The molecular weight excluding hydrogens is 290 g/mol. The van der Waals surface area contributed by atoms with Crippen molar-refractivity contribution in [1.29, 1.82) is 0 Å². The number of para-hydroxylation sites is 1. The van der Waals surface area contributed by atoms with Crippen molar-refractivity contribution in [3.8, 4) is 0 Å². The highest BCUT2D eigenvalue weighted by Gasteiger charge is 2.20. The van der Waals surface area contributed by atoms with E-state index >= 15 is 0 Å². The number of halogens is 2. The van der Waals surface area contributed by atoms with E-state index in [1.807, 2.05) is 24.3 Å². The van der Waals surface area contributed by atoms with Crippen molar-refractivity contribution in [2.45, 2.75) is 19.4 Å². The Labute approximate surface area is 125 Å². The fourth-order valence-electron chi connectivity index (χ4n) is 2.32. The van der Waals surface area contributed by atoms with Gasteiger partial charge in [0.15, 0.2) is 0 Å². The van der Waals surface area contributed by atoms with Crippen LogP contribution < -0.4 is 5.73 Å². The molecule has 0 bridgehead atoms. The van der Waals surface area contributed by atoms with Gasteiger partial charge in [0.05, 0.1) is 15.2 Å². The van der Waals surface area contributed by atoms with Crippen molar-refractivity contribution in [2.24, 2.45) is 5.73 Å². The average molecular weight is 304 g/mol. The van der Waals surface area contributed by atoms with Crippen LogP contribution in [0.5, 0.6) is 0 Å². The summed E-state index contributed by atoms with van der Waals surface area (Å²) in [5, 5.41) is 0.781. The monoisotopic (exact) mass is 304 g/mol. The fourth-order valence-corrected chi connectivity index (χ4v) is 3.34. The molecule has 2 aromatic carbocycles. The molecule has 1 aromatic heterocycles. The van der Waals surface area contributed by atoms with E-state index in [1.54, 1.807) is 6.92 Å². The van der Waals surface area contributed by atoms with E-state index in [9.17, 15) is 8.78 Å². The molecule has 0 saturated heterocycles. The van der Waals surface area contributed by atoms with Gasteiger partial charge in [-0.2, -0.15) is 0 Å². The highest BCUT2D eigenvalue weighted by molar-refractivity contribution is 7.18. The van der Waals surface area contributed by atoms with Gasteiger partial charge in [0.25, 0.3) is 0 Å². The number of rotatable bonds is 3. The highest BCUT2D eigenvalue weighted by Crippen LogP contribution is 2.28. The predicted molar refractivity (Wildman–Crippen MR) is 81.3 cm³/mol. The second-order valence-corrected chi connectivity index (χ2v) is 6.09. The quantitative estimate of drug-likeness (QED) is 0.790. The lowest BCUT2D eigenvalue weighted by molar-refractivity contribution is 0.520. The molecule has 0 aliphatic rings. The van der Waals surface area contributed by atoms with Crippen LogP contribution in [0.2, 0.25) is 0 Å². The summed E-state index contributed by atoms with van der Waals surface area (Å²) in [7, 11) is 0. The molecule has 3 aromatic rings.